The first-order chi connectivity index (χ1) is 6.17. The lowest BCUT2D eigenvalue weighted by Gasteiger charge is -2.00. The summed E-state index contributed by atoms with van der Waals surface area (Å²) in [4.78, 5) is 24.2. The zero-order valence-corrected chi connectivity index (χ0v) is 6.54. The van der Waals surface area contributed by atoms with Crippen molar-refractivity contribution in [3.8, 4) is 0 Å². The Morgan fingerprint density at radius 1 is 1.15 bits per heavy atom. The fourth-order valence-corrected chi connectivity index (χ4v) is 0.867. The highest BCUT2D eigenvalue weighted by atomic mass is 16.4. The molecule has 0 aliphatic carbocycles. The van der Waals surface area contributed by atoms with Crippen LogP contribution in [0.25, 0.3) is 0 Å². The molecule has 0 atom stereocenters. The lowest BCUT2D eigenvalue weighted by atomic mass is 9.80. The molecular weight excluding hydrogens is 173 g/mol. The smallest absolute Gasteiger partial charge is 0.423 e. The molecule has 0 aliphatic heterocycles. The normalized spacial score (nSPS) is 9.38. The van der Waals surface area contributed by atoms with Gasteiger partial charge in [0.05, 0.1) is 0 Å². The molecule has 66 valence electrons. The Balaban J connectivity index is 3.22. The second-order valence-electron chi connectivity index (χ2n) is 2.36. The van der Waals surface area contributed by atoms with Crippen molar-refractivity contribution in [3.05, 3.63) is 23.5 Å². The maximum atomic E-state index is 10.3. The Kier molecular flexibility index (Phi) is 2.89. The predicted octanol–water partition coefficient (Wildman–Crippen LogP) is -1.61. The molecule has 1 heterocycles. The van der Waals surface area contributed by atoms with E-state index in [1.807, 2.05) is 0 Å². The van der Waals surface area contributed by atoms with E-state index in [0.29, 0.717) is 12.6 Å². The van der Waals surface area contributed by atoms with Gasteiger partial charge >= 0.3 is 7.12 Å². The Hall–Kier alpha value is -1.53. The molecule has 0 saturated heterocycles. The molecular formula is C7H6BNO4. The van der Waals surface area contributed by atoms with Crippen LogP contribution in [0, 0.1) is 0 Å². The van der Waals surface area contributed by atoms with Crippen molar-refractivity contribution < 1.29 is 19.6 Å². The topological polar surface area (TPSA) is 87.5 Å². The first kappa shape index (κ1) is 9.56. The van der Waals surface area contributed by atoms with Gasteiger partial charge in [-0.3, -0.25) is 9.59 Å². The molecule has 0 aromatic carbocycles. The third-order valence-corrected chi connectivity index (χ3v) is 1.43. The van der Waals surface area contributed by atoms with Gasteiger partial charge in [-0.1, -0.05) is 0 Å². The standard InChI is InChI=1S/C7H6BNO4/c10-3-6-1-5(8(12)13)2-7(4-11)9-6/h1-4,12-13H. The molecule has 0 unspecified atom stereocenters. The van der Waals surface area contributed by atoms with Gasteiger partial charge in [-0.25, -0.2) is 4.98 Å². The summed E-state index contributed by atoms with van der Waals surface area (Å²) >= 11 is 0. The Bertz CT molecular complexity index is 313. The van der Waals surface area contributed by atoms with Gasteiger partial charge in [-0.2, -0.15) is 0 Å². The van der Waals surface area contributed by atoms with Crippen LogP contribution in [-0.4, -0.2) is 34.7 Å². The first-order valence-corrected chi connectivity index (χ1v) is 3.46. The molecule has 13 heavy (non-hydrogen) atoms. The minimum absolute atomic E-state index is 0.00676. The molecule has 0 bridgehead atoms. The van der Waals surface area contributed by atoms with Crippen molar-refractivity contribution in [3.63, 3.8) is 0 Å². The van der Waals surface area contributed by atoms with Crippen LogP contribution in [0.5, 0.6) is 0 Å². The number of rotatable bonds is 3. The van der Waals surface area contributed by atoms with Gasteiger partial charge in [0.1, 0.15) is 11.4 Å². The second-order valence-corrected chi connectivity index (χ2v) is 2.36. The molecule has 0 fully saturated rings. The molecule has 1 aromatic rings. The van der Waals surface area contributed by atoms with E-state index in [1.165, 1.54) is 12.1 Å². The summed E-state index contributed by atoms with van der Waals surface area (Å²) < 4.78 is 0. The summed E-state index contributed by atoms with van der Waals surface area (Å²) in [5.74, 6) is 0. The number of hydrogen-bond acceptors (Lipinski definition) is 5. The van der Waals surface area contributed by atoms with E-state index in [-0.39, 0.29) is 16.9 Å². The number of carbonyl (C=O) groups is 2. The SMILES string of the molecule is O=Cc1cc(B(O)O)cc(C=O)n1. The van der Waals surface area contributed by atoms with Crippen molar-refractivity contribution in [2.75, 3.05) is 0 Å². The van der Waals surface area contributed by atoms with Crippen LogP contribution in [0.2, 0.25) is 0 Å². The highest BCUT2D eigenvalue weighted by Gasteiger charge is 2.13. The van der Waals surface area contributed by atoms with Crippen molar-refractivity contribution in [2.24, 2.45) is 0 Å². The van der Waals surface area contributed by atoms with Crippen LogP contribution in [0.3, 0.4) is 0 Å². The Labute approximate surface area is 74.2 Å². The average molecular weight is 179 g/mol. The maximum Gasteiger partial charge on any atom is 0.488 e. The lowest BCUT2D eigenvalue weighted by molar-refractivity contribution is 0.111. The monoisotopic (exact) mass is 179 g/mol. The van der Waals surface area contributed by atoms with Gasteiger partial charge < -0.3 is 10.0 Å². The summed E-state index contributed by atoms with van der Waals surface area (Å²) in [6.07, 6.45) is 0.859. The highest BCUT2D eigenvalue weighted by molar-refractivity contribution is 6.58. The van der Waals surface area contributed by atoms with E-state index >= 15 is 0 Å². The van der Waals surface area contributed by atoms with Crippen LogP contribution in [0.1, 0.15) is 21.0 Å². The molecule has 6 heteroatoms. The molecule has 1 aromatic heterocycles. The third-order valence-electron chi connectivity index (χ3n) is 1.43. The molecule has 1 rings (SSSR count). The summed E-state index contributed by atoms with van der Waals surface area (Å²) in [6, 6.07) is 2.40. The van der Waals surface area contributed by atoms with Crippen LogP contribution < -0.4 is 5.46 Å². The molecule has 0 spiro atoms. The minimum atomic E-state index is -1.71. The van der Waals surface area contributed by atoms with Crippen LogP contribution >= 0.6 is 0 Å². The van der Waals surface area contributed by atoms with Gasteiger partial charge in [0.2, 0.25) is 0 Å². The number of hydrogen-bond donors (Lipinski definition) is 2. The van der Waals surface area contributed by atoms with Crippen molar-refractivity contribution >= 4 is 25.2 Å². The fourth-order valence-electron chi connectivity index (χ4n) is 0.867. The van der Waals surface area contributed by atoms with Crippen molar-refractivity contribution in [2.45, 2.75) is 0 Å². The van der Waals surface area contributed by atoms with Gasteiger partial charge in [0, 0.05) is 0 Å². The number of aldehydes is 2. The molecule has 0 saturated carbocycles. The summed E-state index contributed by atoms with van der Waals surface area (Å²) in [7, 11) is -1.71. The van der Waals surface area contributed by atoms with E-state index in [2.05, 4.69) is 4.98 Å². The Morgan fingerprint density at radius 3 is 1.92 bits per heavy atom. The summed E-state index contributed by atoms with van der Waals surface area (Å²) in [6.45, 7) is 0. The van der Waals surface area contributed by atoms with Crippen LogP contribution in [0.15, 0.2) is 12.1 Å². The quantitative estimate of drug-likeness (QED) is 0.430. The largest absolute Gasteiger partial charge is 0.488 e. The lowest BCUT2D eigenvalue weighted by Crippen LogP contribution is -2.31. The van der Waals surface area contributed by atoms with Crippen LogP contribution in [0.4, 0.5) is 0 Å². The maximum absolute atomic E-state index is 10.3. The molecule has 0 aliphatic rings. The molecule has 0 amide bonds. The van der Waals surface area contributed by atoms with Gasteiger partial charge in [-0.05, 0) is 17.6 Å². The van der Waals surface area contributed by atoms with E-state index in [4.69, 9.17) is 10.0 Å². The van der Waals surface area contributed by atoms with Gasteiger partial charge in [0.15, 0.2) is 12.6 Å². The number of aromatic nitrogens is 1. The third kappa shape index (κ3) is 2.20. The van der Waals surface area contributed by atoms with Crippen LogP contribution in [-0.2, 0) is 0 Å². The number of nitrogens with zero attached hydrogens (tertiary/aromatic N) is 1. The van der Waals surface area contributed by atoms with E-state index < -0.39 is 7.12 Å². The van der Waals surface area contributed by atoms with Gasteiger partial charge in [0.25, 0.3) is 0 Å². The van der Waals surface area contributed by atoms with E-state index in [9.17, 15) is 9.59 Å². The molecule has 5 nitrogen and oxygen atoms in total. The predicted molar refractivity (Wildman–Crippen MR) is 44.8 cm³/mol. The average Bonchev–Trinajstić information content (AvgIpc) is 2.16. The highest BCUT2D eigenvalue weighted by Crippen LogP contribution is 1.93. The summed E-state index contributed by atoms with van der Waals surface area (Å²) in [5.41, 5.74) is 0.0552. The van der Waals surface area contributed by atoms with Crippen molar-refractivity contribution in [1.82, 2.24) is 4.98 Å². The van der Waals surface area contributed by atoms with E-state index in [0.717, 1.165) is 0 Å². The fraction of sp³-hybridized carbons (Fsp3) is 0. The van der Waals surface area contributed by atoms with Crippen molar-refractivity contribution in [1.29, 1.82) is 0 Å². The van der Waals surface area contributed by atoms with Gasteiger partial charge in [-0.15, -0.1) is 0 Å². The zero-order valence-electron chi connectivity index (χ0n) is 6.54. The minimum Gasteiger partial charge on any atom is -0.423 e. The second kappa shape index (κ2) is 3.93. The molecule has 2 N–H and O–H groups in total. The van der Waals surface area contributed by atoms with E-state index in [1.54, 1.807) is 0 Å². The zero-order chi connectivity index (χ0) is 9.84. The summed E-state index contributed by atoms with van der Waals surface area (Å²) in [5, 5.41) is 17.5. The first-order valence-electron chi connectivity index (χ1n) is 3.46. The Morgan fingerprint density at radius 2 is 1.62 bits per heavy atom. The molecule has 0 radical (unpaired) electrons. The number of pyridine rings is 1. The number of carbonyl (C=O) groups excluding carboxylic acids is 2.